The Kier molecular flexibility index (Phi) is 6.62. The topological polar surface area (TPSA) is 41.1 Å². The van der Waals surface area contributed by atoms with Crippen molar-refractivity contribution in [1.29, 1.82) is 0 Å². The lowest BCUT2D eigenvalue weighted by Crippen LogP contribution is -2.43. The average molecular weight is 280 g/mol. The Balaban J connectivity index is 2.11. The number of carbonyl (C=O) groups is 1. The smallest absolute Gasteiger partial charge is 0.346 e. The lowest BCUT2D eigenvalue weighted by Gasteiger charge is -2.28. The van der Waals surface area contributed by atoms with Crippen molar-refractivity contribution in [2.24, 2.45) is 5.92 Å². The van der Waals surface area contributed by atoms with Crippen LogP contribution in [0.25, 0.3) is 0 Å². The third kappa shape index (κ3) is 7.40. The predicted molar refractivity (Wildman–Crippen MR) is 67.7 cm³/mol. The van der Waals surface area contributed by atoms with Gasteiger partial charge in [-0.15, -0.1) is 0 Å². The molecule has 1 fully saturated rings. The molecular weight excluding hydrogens is 257 g/mol. The van der Waals surface area contributed by atoms with Crippen molar-refractivity contribution >= 4 is 5.91 Å². The fourth-order valence-electron chi connectivity index (χ4n) is 2.56. The van der Waals surface area contributed by atoms with Gasteiger partial charge in [0, 0.05) is 6.04 Å². The first-order valence-electron chi connectivity index (χ1n) is 6.97. The van der Waals surface area contributed by atoms with Crippen LogP contribution in [0.1, 0.15) is 45.4 Å². The van der Waals surface area contributed by atoms with Crippen LogP contribution in [0.15, 0.2) is 0 Å². The molecule has 1 rings (SSSR count). The van der Waals surface area contributed by atoms with E-state index in [1.54, 1.807) is 0 Å². The number of nitrogens with one attached hydrogen (secondary N) is 2. The lowest BCUT2D eigenvalue weighted by atomic mass is 9.83. The second-order valence-corrected chi connectivity index (χ2v) is 5.28. The normalized spacial score (nSPS) is 24.2. The molecule has 0 aliphatic heterocycles. The zero-order chi connectivity index (χ0) is 14.3. The fraction of sp³-hybridized carbons (Fsp3) is 0.923. The van der Waals surface area contributed by atoms with Gasteiger partial charge in [-0.05, 0) is 31.6 Å². The summed E-state index contributed by atoms with van der Waals surface area (Å²) in [6, 6.07) is 0.268. The molecule has 2 N–H and O–H groups in total. The van der Waals surface area contributed by atoms with Gasteiger partial charge in [0.05, 0.1) is 6.54 Å². The van der Waals surface area contributed by atoms with Crippen molar-refractivity contribution in [3.05, 3.63) is 0 Å². The lowest BCUT2D eigenvalue weighted by molar-refractivity contribution is -0.138. The predicted octanol–water partition coefficient (Wildman–Crippen LogP) is 2.61. The fourth-order valence-corrected chi connectivity index (χ4v) is 2.56. The molecule has 0 aromatic heterocycles. The number of carbonyl (C=O) groups excluding carboxylic acids is 1. The van der Waals surface area contributed by atoms with Gasteiger partial charge in [0.15, 0.2) is 0 Å². The van der Waals surface area contributed by atoms with Crippen molar-refractivity contribution in [2.75, 3.05) is 13.1 Å². The summed E-state index contributed by atoms with van der Waals surface area (Å²) in [5.41, 5.74) is 0. The van der Waals surface area contributed by atoms with Gasteiger partial charge in [0.2, 0.25) is 5.91 Å². The van der Waals surface area contributed by atoms with E-state index in [1.807, 2.05) is 5.32 Å². The van der Waals surface area contributed by atoms with Gasteiger partial charge < -0.3 is 10.6 Å². The minimum Gasteiger partial charge on any atom is -0.346 e. The van der Waals surface area contributed by atoms with E-state index in [4.69, 9.17) is 0 Å². The number of amides is 1. The van der Waals surface area contributed by atoms with Crippen molar-refractivity contribution in [3.8, 4) is 0 Å². The highest BCUT2D eigenvalue weighted by atomic mass is 19.4. The standard InChI is InChI=1S/C13H23F3N2O/c1-2-3-10-4-6-11(7-5-10)17-8-12(19)18-9-13(14,15)16/h10-11,17H,2-9H2,1H3,(H,18,19). The molecule has 1 aliphatic carbocycles. The van der Waals surface area contributed by atoms with E-state index in [0.29, 0.717) is 0 Å². The van der Waals surface area contributed by atoms with E-state index < -0.39 is 18.6 Å². The first kappa shape index (κ1) is 16.3. The van der Waals surface area contributed by atoms with Crippen LogP contribution in [0.3, 0.4) is 0 Å². The molecule has 1 aliphatic rings. The zero-order valence-corrected chi connectivity index (χ0v) is 11.4. The molecule has 0 aromatic rings. The Hall–Kier alpha value is -0.780. The maximum atomic E-state index is 11.9. The molecule has 0 unspecified atom stereocenters. The number of hydrogen-bond donors (Lipinski definition) is 2. The highest BCUT2D eigenvalue weighted by molar-refractivity contribution is 5.78. The highest BCUT2D eigenvalue weighted by Crippen LogP contribution is 2.27. The maximum absolute atomic E-state index is 11.9. The summed E-state index contributed by atoms with van der Waals surface area (Å²) in [5, 5.41) is 4.91. The molecule has 3 nitrogen and oxygen atoms in total. The van der Waals surface area contributed by atoms with Crippen molar-refractivity contribution in [2.45, 2.75) is 57.7 Å². The van der Waals surface area contributed by atoms with Crippen LogP contribution in [-0.4, -0.2) is 31.2 Å². The van der Waals surface area contributed by atoms with E-state index in [2.05, 4.69) is 12.2 Å². The molecule has 0 heterocycles. The minimum absolute atomic E-state index is 0.0286. The summed E-state index contributed by atoms with van der Waals surface area (Å²) in [7, 11) is 0. The van der Waals surface area contributed by atoms with E-state index in [-0.39, 0.29) is 12.6 Å². The molecule has 0 aromatic carbocycles. The zero-order valence-electron chi connectivity index (χ0n) is 11.4. The summed E-state index contributed by atoms with van der Waals surface area (Å²) >= 11 is 0. The van der Waals surface area contributed by atoms with Crippen LogP contribution in [-0.2, 0) is 4.79 Å². The van der Waals surface area contributed by atoms with E-state index >= 15 is 0 Å². The van der Waals surface area contributed by atoms with Crippen LogP contribution in [0.4, 0.5) is 13.2 Å². The molecule has 0 spiro atoms. The number of rotatable bonds is 6. The van der Waals surface area contributed by atoms with E-state index in [0.717, 1.165) is 31.6 Å². The highest BCUT2D eigenvalue weighted by Gasteiger charge is 2.27. The van der Waals surface area contributed by atoms with Crippen molar-refractivity contribution < 1.29 is 18.0 Å². The monoisotopic (exact) mass is 280 g/mol. The summed E-state index contributed by atoms with van der Waals surface area (Å²) in [5.74, 6) is 0.190. The van der Waals surface area contributed by atoms with E-state index in [9.17, 15) is 18.0 Å². The van der Waals surface area contributed by atoms with Gasteiger partial charge in [0.1, 0.15) is 6.54 Å². The Morgan fingerprint density at radius 1 is 1.21 bits per heavy atom. The molecule has 6 heteroatoms. The van der Waals surface area contributed by atoms with Gasteiger partial charge in [-0.25, -0.2) is 0 Å². The maximum Gasteiger partial charge on any atom is 0.405 e. The number of alkyl halides is 3. The van der Waals surface area contributed by atoms with Crippen LogP contribution in [0.2, 0.25) is 0 Å². The van der Waals surface area contributed by atoms with Crippen molar-refractivity contribution in [1.82, 2.24) is 10.6 Å². The van der Waals surface area contributed by atoms with Gasteiger partial charge in [0.25, 0.3) is 0 Å². The summed E-state index contributed by atoms with van der Waals surface area (Å²) in [6.45, 7) is 0.894. The average Bonchev–Trinajstić information content (AvgIpc) is 2.35. The first-order chi connectivity index (χ1) is 8.90. The van der Waals surface area contributed by atoms with Gasteiger partial charge in [-0.3, -0.25) is 4.79 Å². The SMILES string of the molecule is CCCC1CCC(NCC(=O)NCC(F)(F)F)CC1. The Labute approximate surface area is 112 Å². The van der Waals surface area contributed by atoms with E-state index in [1.165, 1.54) is 12.8 Å². The number of halogens is 3. The van der Waals surface area contributed by atoms with Crippen LogP contribution in [0.5, 0.6) is 0 Å². The Morgan fingerprint density at radius 2 is 1.84 bits per heavy atom. The first-order valence-corrected chi connectivity index (χ1v) is 6.97. The quantitative estimate of drug-likeness (QED) is 0.785. The van der Waals surface area contributed by atoms with Gasteiger partial charge in [-0.2, -0.15) is 13.2 Å². The van der Waals surface area contributed by atoms with Crippen LogP contribution in [0, 0.1) is 5.92 Å². The van der Waals surface area contributed by atoms with Gasteiger partial charge >= 0.3 is 6.18 Å². The molecule has 112 valence electrons. The molecule has 1 amide bonds. The van der Waals surface area contributed by atoms with Crippen LogP contribution >= 0.6 is 0 Å². The molecule has 0 radical (unpaired) electrons. The summed E-state index contributed by atoms with van der Waals surface area (Å²) in [6.07, 6.45) is 2.43. The Morgan fingerprint density at radius 3 is 2.37 bits per heavy atom. The second kappa shape index (κ2) is 7.72. The molecule has 19 heavy (non-hydrogen) atoms. The molecule has 0 atom stereocenters. The second-order valence-electron chi connectivity index (χ2n) is 5.28. The Bertz CT molecular complexity index is 274. The molecule has 1 saturated carbocycles. The minimum atomic E-state index is -4.34. The van der Waals surface area contributed by atoms with Crippen molar-refractivity contribution in [3.63, 3.8) is 0 Å². The molecular formula is C13H23F3N2O. The molecule has 0 bridgehead atoms. The van der Waals surface area contributed by atoms with Gasteiger partial charge in [-0.1, -0.05) is 19.8 Å². The van der Waals surface area contributed by atoms with Crippen LogP contribution < -0.4 is 10.6 Å². The largest absolute Gasteiger partial charge is 0.405 e. The number of hydrogen-bond acceptors (Lipinski definition) is 2. The molecule has 0 saturated heterocycles. The third-order valence-corrected chi connectivity index (χ3v) is 3.58. The summed E-state index contributed by atoms with van der Waals surface area (Å²) < 4.78 is 35.7. The third-order valence-electron chi connectivity index (χ3n) is 3.58. The summed E-state index contributed by atoms with van der Waals surface area (Å²) in [4.78, 5) is 11.2.